The summed E-state index contributed by atoms with van der Waals surface area (Å²) in [6.45, 7) is 3.55. The van der Waals surface area contributed by atoms with Gasteiger partial charge in [0.05, 0.1) is 7.11 Å². The van der Waals surface area contributed by atoms with Crippen molar-refractivity contribution in [2.24, 2.45) is 0 Å². The smallest absolute Gasteiger partial charge is 0.261 e. The topological polar surface area (TPSA) is 91.6 Å². The monoisotopic (exact) mass is 304 g/mol. The van der Waals surface area contributed by atoms with Crippen molar-refractivity contribution in [2.75, 3.05) is 26.9 Å². The predicted octanol–water partition coefficient (Wildman–Crippen LogP) is 1.85. The first-order valence-corrected chi connectivity index (χ1v) is 6.97. The van der Waals surface area contributed by atoms with Gasteiger partial charge in [0.15, 0.2) is 11.5 Å². The normalized spacial score (nSPS) is 10.9. The minimum atomic E-state index is -0.439. The number of hydrogen-bond acceptors (Lipinski definition) is 5. The van der Waals surface area contributed by atoms with Crippen LogP contribution in [0.25, 0.3) is 6.08 Å². The Labute approximate surface area is 130 Å². The molecule has 0 fully saturated rings. The van der Waals surface area contributed by atoms with E-state index < -0.39 is 5.91 Å². The molecule has 1 aromatic rings. The number of hydrogen-bond donors (Lipinski definition) is 2. The van der Waals surface area contributed by atoms with Crippen molar-refractivity contribution in [1.82, 2.24) is 5.32 Å². The molecule has 0 saturated heterocycles. The van der Waals surface area contributed by atoms with Crippen LogP contribution < -0.4 is 10.1 Å². The van der Waals surface area contributed by atoms with E-state index in [0.717, 1.165) is 0 Å². The zero-order valence-corrected chi connectivity index (χ0v) is 12.8. The fraction of sp³-hybridized carbons (Fsp3) is 0.375. The number of phenolic OH excluding ortho intramolecular Hbond substituents is 1. The number of ether oxygens (including phenoxy) is 2. The molecule has 0 saturated carbocycles. The van der Waals surface area contributed by atoms with Gasteiger partial charge in [-0.05, 0) is 37.1 Å². The fourth-order valence-electron chi connectivity index (χ4n) is 1.71. The number of aromatic hydroxyl groups is 1. The fourth-order valence-corrected chi connectivity index (χ4v) is 1.71. The summed E-state index contributed by atoms with van der Waals surface area (Å²) in [5.74, 6) is -0.160. The first-order valence-electron chi connectivity index (χ1n) is 6.97. The van der Waals surface area contributed by atoms with Crippen molar-refractivity contribution in [3.05, 3.63) is 29.3 Å². The summed E-state index contributed by atoms with van der Waals surface area (Å²) in [7, 11) is 1.43. The molecular formula is C16H20N2O4. The first kappa shape index (κ1) is 17.5. The zero-order valence-electron chi connectivity index (χ0n) is 12.8. The van der Waals surface area contributed by atoms with Crippen LogP contribution in [-0.2, 0) is 9.53 Å². The molecule has 0 atom stereocenters. The third kappa shape index (κ3) is 5.46. The molecule has 1 amide bonds. The van der Waals surface area contributed by atoms with Gasteiger partial charge in [0.1, 0.15) is 11.6 Å². The maximum Gasteiger partial charge on any atom is 0.261 e. The highest BCUT2D eigenvalue weighted by Crippen LogP contribution is 2.27. The van der Waals surface area contributed by atoms with Gasteiger partial charge < -0.3 is 19.9 Å². The van der Waals surface area contributed by atoms with Crippen LogP contribution in [0.5, 0.6) is 11.5 Å². The van der Waals surface area contributed by atoms with Crippen molar-refractivity contribution >= 4 is 12.0 Å². The van der Waals surface area contributed by atoms with Crippen LogP contribution >= 0.6 is 0 Å². The standard InChI is InChI=1S/C16H20N2O4/c1-3-22-8-4-7-18-16(20)13(11-17)9-12-5-6-14(19)15(10-12)21-2/h5-6,9-10,19H,3-4,7-8H2,1-2H3,(H,18,20)/b13-9+. The van der Waals surface area contributed by atoms with Crippen LogP contribution in [0, 0.1) is 11.3 Å². The molecule has 0 spiro atoms. The molecule has 6 nitrogen and oxygen atoms in total. The Hall–Kier alpha value is -2.52. The van der Waals surface area contributed by atoms with Crippen LogP contribution in [0.2, 0.25) is 0 Å². The van der Waals surface area contributed by atoms with Crippen molar-refractivity contribution < 1.29 is 19.4 Å². The predicted molar refractivity (Wildman–Crippen MR) is 82.4 cm³/mol. The van der Waals surface area contributed by atoms with Gasteiger partial charge in [-0.15, -0.1) is 0 Å². The number of carbonyl (C=O) groups is 1. The Bertz CT molecular complexity index is 576. The maximum absolute atomic E-state index is 11.9. The summed E-state index contributed by atoms with van der Waals surface area (Å²) < 4.78 is 10.2. The highest BCUT2D eigenvalue weighted by Gasteiger charge is 2.09. The highest BCUT2D eigenvalue weighted by molar-refractivity contribution is 6.01. The van der Waals surface area contributed by atoms with E-state index in [1.165, 1.54) is 19.3 Å². The van der Waals surface area contributed by atoms with E-state index in [-0.39, 0.29) is 17.1 Å². The second kappa shape index (κ2) is 9.42. The Balaban J connectivity index is 2.70. The zero-order chi connectivity index (χ0) is 16.4. The molecule has 2 N–H and O–H groups in total. The summed E-state index contributed by atoms with van der Waals surface area (Å²) in [4.78, 5) is 11.9. The average molecular weight is 304 g/mol. The number of benzene rings is 1. The minimum absolute atomic E-state index is 0.00136. The molecule has 6 heteroatoms. The quantitative estimate of drug-likeness (QED) is 0.434. The van der Waals surface area contributed by atoms with Gasteiger partial charge >= 0.3 is 0 Å². The summed E-state index contributed by atoms with van der Waals surface area (Å²) in [6, 6.07) is 6.46. The average Bonchev–Trinajstić information content (AvgIpc) is 2.53. The van der Waals surface area contributed by atoms with E-state index in [4.69, 9.17) is 14.7 Å². The number of rotatable bonds is 8. The van der Waals surface area contributed by atoms with Gasteiger partial charge in [-0.1, -0.05) is 6.07 Å². The van der Waals surface area contributed by atoms with Gasteiger partial charge in [-0.3, -0.25) is 4.79 Å². The molecule has 1 aromatic carbocycles. The van der Waals surface area contributed by atoms with Gasteiger partial charge in [-0.25, -0.2) is 0 Å². The van der Waals surface area contributed by atoms with Gasteiger partial charge in [0, 0.05) is 19.8 Å². The molecule has 0 unspecified atom stereocenters. The Morgan fingerprint density at radius 1 is 1.50 bits per heavy atom. The van der Waals surface area contributed by atoms with Gasteiger partial charge in [0.25, 0.3) is 5.91 Å². The SMILES string of the molecule is CCOCCCNC(=O)/C(C#N)=C/c1ccc(O)c(OC)c1. The molecule has 0 heterocycles. The molecule has 0 bridgehead atoms. The molecular weight excluding hydrogens is 284 g/mol. The lowest BCUT2D eigenvalue weighted by Crippen LogP contribution is -2.26. The van der Waals surface area contributed by atoms with E-state index in [1.807, 2.05) is 13.0 Å². The van der Waals surface area contributed by atoms with Crippen LogP contribution in [-0.4, -0.2) is 37.9 Å². The molecule has 0 radical (unpaired) electrons. The third-order valence-corrected chi connectivity index (χ3v) is 2.83. The number of nitriles is 1. The van der Waals surface area contributed by atoms with E-state index in [0.29, 0.717) is 31.7 Å². The lowest BCUT2D eigenvalue weighted by atomic mass is 10.1. The van der Waals surface area contributed by atoms with Crippen LogP contribution in [0.15, 0.2) is 23.8 Å². The van der Waals surface area contributed by atoms with Crippen LogP contribution in [0.1, 0.15) is 18.9 Å². The van der Waals surface area contributed by atoms with Crippen molar-refractivity contribution in [3.63, 3.8) is 0 Å². The van der Waals surface area contributed by atoms with E-state index in [9.17, 15) is 9.90 Å². The Morgan fingerprint density at radius 3 is 2.91 bits per heavy atom. The molecule has 22 heavy (non-hydrogen) atoms. The number of phenols is 1. The molecule has 118 valence electrons. The highest BCUT2D eigenvalue weighted by atomic mass is 16.5. The number of carbonyl (C=O) groups excluding carboxylic acids is 1. The van der Waals surface area contributed by atoms with E-state index in [1.54, 1.807) is 12.1 Å². The van der Waals surface area contributed by atoms with Gasteiger partial charge in [-0.2, -0.15) is 5.26 Å². The third-order valence-electron chi connectivity index (χ3n) is 2.83. The van der Waals surface area contributed by atoms with Crippen molar-refractivity contribution in [2.45, 2.75) is 13.3 Å². The van der Waals surface area contributed by atoms with Gasteiger partial charge in [0.2, 0.25) is 0 Å². The van der Waals surface area contributed by atoms with Crippen LogP contribution in [0.3, 0.4) is 0 Å². The summed E-state index contributed by atoms with van der Waals surface area (Å²) in [6.07, 6.45) is 2.13. The van der Waals surface area contributed by atoms with E-state index >= 15 is 0 Å². The lowest BCUT2D eigenvalue weighted by Gasteiger charge is -2.06. The number of methoxy groups -OCH3 is 1. The molecule has 0 aliphatic carbocycles. The number of nitrogens with zero attached hydrogens (tertiary/aromatic N) is 1. The lowest BCUT2D eigenvalue weighted by molar-refractivity contribution is -0.117. The Kier molecular flexibility index (Phi) is 7.51. The first-order chi connectivity index (χ1) is 10.6. The molecule has 0 aliphatic heterocycles. The summed E-state index contributed by atoms with van der Waals surface area (Å²) in [5.41, 5.74) is 0.583. The summed E-state index contributed by atoms with van der Waals surface area (Å²) >= 11 is 0. The Morgan fingerprint density at radius 2 is 2.27 bits per heavy atom. The van der Waals surface area contributed by atoms with Crippen molar-refractivity contribution in [3.8, 4) is 17.6 Å². The number of nitrogens with one attached hydrogen (secondary N) is 1. The second-order valence-electron chi connectivity index (χ2n) is 4.41. The maximum atomic E-state index is 11.9. The largest absolute Gasteiger partial charge is 0.504 e. The molecule has 1 rings (SSSR count). The molecule has 0 aromatic heterocycles. The summed E-state index contributed by atoms with van der Waals surface area (Å²) in [5, 5.41) is 21.3. The van der Waals surface area contributed by atoms with Crippen LogP contribution in [0.4, 0.5) is 0 Å². The van der Waals surface area contributed by atoms with E-state index in [2.05, 4.69) is 5.32 Å². The van der Waals surface area contributed by atoms with Crippen molar-refractivity contribution in [1.29, 1.82) is 5.26 Å². The molecule has 0 aliphatic rings. The second-order valence-corrected chi connectivity index (χ2v) is 4.41. The minimum Gasteiger partial charge on any atom is -0.504 e. The number of amides is 1.